The molecule has 1 aliphatic heterocycles. The molecule has 2 unspecified atom stereocenters. The van der Waals surface area contributed by atoms with E-state index in [2.05, 4.69) is 10.6 Å². The maximum Gasteiger partial charge on any atom is 0.328 e. The molecule has 0 aliphatic carbocycles. The number of carboxylic acid groups (broad SMARTS) is 1. The lowest BCUT2D eigenvalue weighted by Crippen LogP contribution is -2.49. The Morgan fingerprint density at radius 2 is 2.33 bits per heavy atom. The average molecular weight is 260 g/mol. The molecule has 3 N–H and O–H groups in total. The van der Waals surface area contributed by atoms with E-state index >= 15 is 0 Å². The predicted molar refractivity (Wildman–Crippen MR) is 63.4 cm³/mol. The van der Waals surface area contributed by atoms with Gasteiger partial charge in [-0.05, 0) is 18.8 Å². The Bertz CT molecular complexity index is 279. The molecule has 0 spiro atoms. The first-order chi connectivity index (χ1) is 8.63. The Labute approximate surface area is 106 Å². The van der Waals surface area contributed by atoms with Crippen LogP contribution in [0, 0.1) is 5.92 Å². The normalized spacial score (nSPS) is 21.1. The average Bonchev–Trinajstić information content (AvgIpc) is 2.37. The number of carbonyl (C=O) groups excluding carboxylic acids is 1. The maximum absolute atomic E-state index is 11.5. The number of methoxy groups -OCH3 is 1. The molecule has 0 aromatic rings. The molecule has 18 heavy (non-hydrogen) atoms. The van der Waals surface area contributed by atoms with Gasteiger partial charge in [-0.3, -0.25) is 0 Å². The van der Waals surface area contributed by atoms with Crippen molar-refractivity contribution in [3.63, 3.8) is 0 Å². The summed E-state index contributed by atoms with van der Waals surface area (Å²) in [4.78, 5) is 22.3. The van der Waals surface area contributed by atoms with Gasteiger partial charge in [-0.25, -0.2) is 9.59 Å². The topological polar surface area (TPSA) is 96.9 Å². The molecule has 7 heteroatoms. The molecule has 0 aromatic carbocycles. The summed E-state index contributed by atoms with van der Waals surface area (Å²) in [6.07, 6.45) is 2.01. The van der Waals surface area contributed by atoms with Crippen molar-refractivity contribution in [2.24, 2.45) is 5.92 Å². The first-order valence-corrected chi connectivity index (χ1v) is 5.97. The summed E-state index contributed by atoms with van der Waals surface area (Å²) >= 11 is 0. The standard InChI is InChI=1S/C11H20N2O5/c1-17-7-9(10(14)15)13-11(16)12-5-8-3-2-4-18-6-8/h8-9H,2-7H2,1H3,(H,14,15)(H2,12,13,16). The van der Waals surface area contributed by atoms with Crippen LogP contribution < -0.4 is 10.6 Å². The molecular weight excluding hydrogens is 240 g/mol. The van der Waals surface area contributed by atoms with Gasteiger partial charge in [0.05, 0.1) is 13.2 Å². The van der Waals surface area contributed by atoms with Crippen LogP contribution in [-0.2, 0) is 14.3 Å². The van der Waals surface area contributed by atoms with E-state index in [4.69, 9.17) is 14.6 Å². The maximum atomic E-state index is 11.5. The summed E-state index contributed by atoms with van der Waals surface area (Å²) < 4.78 is 10.0. The van der Waals surface area contributed by atoms with E-state index < -0.39 is 18.0 Å². The number of urea groups is 1. The molecule has 0 bridgehead atoms. The third kappa shape index (κ3) is 5.33. The number of nitrogens with one attached hydrogen (secondary N) is 2. The first-order valence-electron chi connectivity index (χ1n) is 5.97. The number of aliphatic carboxylic acids is 1. The highest BCUT2D eigenvalue weighted by atomic mass is 16.5. The molecule has 1 heterocycles. The zero-order chi connectivity index (χ0) is 13.4. The Morgan fingerprint density at radius 3 is 2.89 bits per heavy atom. The van der Waals surface area contributed by atoms with Crippen LogP contribution in [-0.4, -0.2) is 56.6 Å². The lowest BCUT2D eigenvalue weighted by Gasteiger charge is -2.22. The molecule has 1 aliphatic rings. The van der Waals surface area contributed by atoms with Crippen molar-refractivity contribution in [2.75, 3.05) is 33.5 Å². The summed E-state index contributed by atoms with van der Waals surface area (Å²) in [6.45, 7) is 1.85. The van der Waals surface area contributed by atoms with Crippen LogP contribution in [0.2, 0.25) is 0 Å². The zero-order valence-electron chi connectivity index (χ0n) is 10.5. The van der Waals surface area contributed by atoms with Gasteiger partial charge in [0, 0.05) is 20.3 Å². The number of rotatable bonds is 6. The van der Waals surface area contributed by atoms with Gasteiger partial charge in [-0.2, -0.15) is 0 Å². The number of ether oxygens (including phenoxy) is 2. The molecule has 1 fully saturated rings. The van der Waals surface area contributed by atoms with Crippen LogP contribution in [0.5, 0.6) is 0 Å². The van der Waals surface area contributed by atoms with Crippen LogP contribution in [0.3, 0.4) is 0 Å². The molecular formula is C11H20N2O5. The predicted octanol–water partition coefficient (Wildman–Crippen LogP) is -0.188. The van der Waals surface area contributed by atoms with Gasteiger partial charge in [0.25, 0.3) is 0 Å². The summed E-state index contributed by atoms with van der Waals surface area (Å²) in [5.74, 6) is -0.816. The smallest absolute Gasteiger partial charge is 0.328 e. The molecule has 104 valence electrons. The van der Waals surface area contributed by atoms with Gasteiger partial charge >= 0.3 is 12.0 Å². The van der Waals surface area contributed by atoms with Crippen molar-refractivity contribution in [3.05, 3.63) is 0 Å². The first kappa shape index (κ1) is 14.7. The zero-order valence-corrected chi connectivity index (χ0v) is 10.5. The van der Waals surface area contributed by atoms with Crippen LogP contribution in [0.25, 0.3) is 0 Å². The Balaban J connectivity index is 2.24. The molecule has 0 aromatic heterocycles. The van der Waals surface area contributed by atoms with E-state index in [0.717, 1.165) is 19.4 Å². The fraction of sp³-hybridized carbons (Fsp3) is 0.818. The van der Waals surface area contributed by atoms with E-state index in [-0.39, 0.29) is 6.61 Å². The molecule has 0 saturated carbocycles. The third-order valence-corrected chi connectivity index (χ3v) is 2.74. The number of carbonyl (C=O) groups is 2. The number of amides is 2. The quantitative estimate of drug-likeness (QED) is 0.615. The fourth-order valence-corrected chi connectivity index (χ4v) is 1.76. The minimum absolute atomic E-state index is 0.0602. The molecule has 7 nitrogen and oxygen atoms in total. The molecule has 2 atom stereocenters. The Hall–Kier alpha value is -1.34. The van der Waals surface area contributed by atoms with E-state index in [1.807, 2.05) is 0 Å². The van der Waals surface area contributed by atoms with Crippen molar-refractivity contribution in [3.8, 4) is 0 Å². The number of carboxylic acids is 1. The Morgan fingerprint density at radius 1 is 1.56 bits per heavy atom. The minimum Gasteiger partial charge on any atom is -0.480 e. The highest BCUT2D eigenvalue weighted by molar-refractivity contribution is 5.82. The van der Waals surface area contributed by atoms with Crippen molar-refractivity contribution in [1.82, 2.24) is 10.6 Å². The SMILES string of the molecule is COCC(NC(=O)NCC1CCCOC1)C(=O)O. The van der Waals surface area contributed by atoms with Crippen LogP contribution in [0.1, 0.15) is 12.8 Å². The molecule has 0 radical (unpaired) electrons. The van der Waals surface area contributed by atoms with Crippen molar-refractivity contribution >= 4 is 12.0 Å². The van der Waals surface area contributed by atoms with E-state index in [0.29, 0.717) is 19.1 Å². The van der Waals surface area contributed by atoms with Crippen molar-refractivity contribution in [1.29, 1.82) is 0 Å². The van der Waals surface area contributed by atoms with Gasteiger partial charge in [0.2, 0.25) is 0 Å². The molecule has 1 saturated heterocycles. The minimum atomic E-state index is -1.12. The molecule has 2 amide bonds. The third-order valence-electron chi connectivity index (χ3n) is 2.74. The summed E-state index contributed by atoms with van der Waals surface area (Å²) in [6, 6.07) is -1.53. The van der Waals surface area contributed by atoms with Crippen LogP contribution in [0.15, 0.2) is 0 Å². The van der Waals surface area contributed by atoms with E-state index in [1.165, 1.54) is 7.11 Å². The summed E-state index contributed by atoms with van der Waals surface area (Å²) in [7, 11) is 1.38. The van der Waals surface area contributed by atoms with Gasteiger partial charge in [0.1, 0.15) is 0 Å². The van der Waals surface area contributed by atoms with Crippen LogP contribution >= 0.6 is 0 Å². The highest BCUT2D eigenvalue weighted by Gasteiger charge is 2.20. The second-order valence-corrected chi connectivity index (χ2v) is 4.28. The van der Waals surface area contributed by atoms with Gasteiger partial charge in [-0.1, -0.05) is 0 Å². The largest absolute Gasteiger partial charge is 0.480 e. The fourth-order valence-electron chi connectivity index (χ4n) is 1.76. The van der Waals surface area contributed by atoms with Crippen LogP contribution in [0.4, 0.5) is 4.79 Å². The van der Waals surface area contributed by atoms with Gasteiger partial charge in [0.15, 0.2) is 6.04 Å². The second-order valence-electron chi connectivity index (χ2n) is 4.28. The summed E-state index contributed by atoms with van der Waals surface area (Å²) in [5, 5.41) is 13.8. The number of hydrogen-bond acceptors (Lipinski definition) is 4. The highest BCUT2D eigenvalue weighted by Crippen LogP contribution is 2.11. The van der Waals surface area contributed by atoms with Gasteiger partial charge in [-0.15, -0.1) is 0 Å². The van der Waals surface area contributed by atoms with E-state index in [9.17, 15) is 9.59 Å². The monoisotopic (exact) mass is 260 g/mol. The van der Waals surface area contributed by atoms with Gasteiger partial charge < -0.3 is 25.2 Å². The molecule has 1 rings (SSSR count). The lowest BCUT2D eigenvalue weighted by molar-refractivity contribution is -0.140. The summed E-state index contributed by atoms with van der Waals surface area (Å²) in [5.41, 5.74) is 0. The Kier molecular flexibility index (Phi) is 6.45. The second kappa shape index (κ2) is 7.88. The van der Waals surface area contributed by atoms with Crippen molar-refractivity contribution < 1.29 is 24.2 Å². The number of hydrogen-bond donors (Lipinski definition) is 3. The van der Waals surface area contributed by atoms with E-state index in [1.54, 1.807) is 0 Å². The van der Waals surface area contributed by atoms with Crippen molar-refractivity contribution in [2.45, 2.75) is 18.9 Å². The lowest BCUT2D eigenvalue weighted by atomic mass is 10.0.